The number of hydrogen-bond acceptors (Lipinski definition) is 23. The van der Waals surface area contributed by atoms with E-state index in [1.54, 1.807) is 44.2 Å². The number of carboxylic acid groups (broad SMARTS) is 1. The SMILES string of the molecule is CC(C)[C@H](NC(=O)[C@H](CCCN=C(N)N)NC(=O)[C@@H](NC(=O)[C@@H](NC(=O)[C@H](CCCN=C(N)N)NC(=O)[C@H](Cc1ccccc1)NC(=O)[C@H](C)NC(=O)[C@@H](NC(=O)[C@@H]1CCCN1C(=O)CNC(=O)[C@H](CCCN=C(N)N)NC(=O)[C@@H](N)CCC(N)=O)C(C)C)[C@@H](C)O)[C@@H](C)O)C(=O)N[C@@H](C)C(=O)N[C@H](C(=O)NCC(=O)O)[C@@H](C)O. The number of amides is 15. The average molecular weight is 1620 g/mol. The minimum Gasteiger partial charge on any atom is -0.480 e. The average Bonchev–Trinajstić information content (AvgIpc) is 1.38. The van der Waals surface area contributed by atoms with Crippen LogP contribution in [0.15, 0.2) is 45.3 Å². The zero-order valence-corrected chi connectivity index (χ0v) is 65.5. The van der Waals surface area contributed by atoms with Crippen molar-refractivity contribution in [2.45, 2.75) is 230 Å². The molecule has 33 N–H and O–H groups in total. The summed E-state index contributed by atoms with van der Waals surface area (Å²) in [6, 6.07) is -11.4. The normalized spacial score (nSPS) is 16.3. The molecule has 1 aromatic carbocycles. The Kier molecular flexibility index (Phi) is 42.9. The maximum Gasteiger partial charge on any atom is 0.322 e. The summed E-state index contributed by atoms with van der Waals surface area (Å²) in [7, 11) is 0. The number of benzene rings is 1. The molecule has 0 unspecified atom stereocenters. The van der Waals surface area contributed by atoms with Gasteiger partial charge in [0, 0.05) is 39.0 Å². The number of aliphatic carboxylic acids is 1. The molecule has 0 bridgehead atoms. The van der Waals surface area contributed by atoms with Crippen LogP contribution in [-0.4, -0.2) is 274 Å². The highest BCUT2D eigenvalue weighted by atomic mass is 16.4. The molecule has 2 rings (SSSR count). The predicted octanol–water partition coefficient (Wildman–Crippen LogP) is -10.9. The lowest BCUT2D eigenvalue weighted by Crippen LogP contribution is -2.63. The smallest absolute Gasteiger partial charge is 0.322 e. The van der Waals surface area contributed by atoms with E-state index in [9.17, 15) is 92.0 Å². The van der Waals surface area contributed by atoms with Gasteiger partial charge in [-0.25, -0.2) is 0 Å². The Bertz CT molecular complexity index is 3550. The number of guanidine groups is 3. The summed E-state index contributed by atoms with van der Waals surface area (Å²) < 4.78 is 0. The van der Waals surface area contributed by atoms with Gasteiger partial charge in [-0.05, 0) is 110 Å². The summed E-state index contributed by atoms with van der Waals surface area (Å²) in [6.45, 7) is 10.5. The van der Waals surface area contributed by atoms with Gasteiger partial charge in [-0.15, -0.1) is 0 Å². The topological polar surface area (TPSA) is 759 Å². The largest absolute Gasteiger partial charge is 0.480 e. The molecule has 1 aliphatic rings. The molecule has 0 aromatic heterocycles. The number of aliphatic hydroxyl groups is 3. The second kappa shape index (κ2) is 49.7. The molecule has 16 atom stereocenters. The van der Waals surface area contributed by atoms with Crippen LogP contribution in [0.1, 0.15) is 132 Å². The number of rotatable bonds is 50. The van der Waals surface area contributed by atoms with E-state index in [2.05, 4.69) is 78.8 Å². The van der Waals surface area contributed by atoms with E-state index in [4.69, 9.17) is 51.0 Å². The highest BCUT2D eigenvalue weighted by Gasteiger charge is 2.41. The lowest BCUT2D eigenvalue weighted by molar-refractivity contribution is -0.140. The zero-order valence-electron chi connectivity index (χ0n) is 65.5. The second-order valence-electron chi connectivity index (χ2n) is 28.1. The maximum atomic E-state index is 14.7. The summed E-state index contributed by atoms with van der Waals surface area (Å²) >= 11 is 0. The van der Waals surface area contributed by atoms with E-state index in [-0.39, 0.29) is 108 Å². The van der Waals surface area contributed by atoms with Crippen LogP contribution in [0.4, 0.5) is 0 Å². The molecule has 0 spiro atoms. The van der Waals surface area contributed by atoms with E-state index < -0.39 is 216 Å². The number of aliphatic imine (C=N–C) groups is 3. The van der Waals surface area contributed by atoms with E-state index in [1.807, 2.05) is 5.32 Å². The predicted molar refractivity (Wildman–Crippen MR) is 412 cm³/mol. The van der Waals surface area contributed by atoms with E-state index in [1.165, 1.54) is 32.6 Å². The van der Waals surface area contributed by atoms with Crippen LogP contribution in [0.25, 0.3) is 0 Å². The number of hydrogen-bond donors (Lipinski definition) is 25. The number of nitrogens with one attached hydrogen (secondary N) is 13. The lowest BCUT2D eigenvalue weighted by Gasteiger charge is -2.30. The number of carbonyl (C=O) groups excluding carboxylic acids is 15. The van der Waals surface area contributed by atoms with Crippen molar-refractivity contribution in [3.8, 4) is 0 Å². The molecule has 114 heavy (non-hydrogen) atoms. The van der Waals surface area contributed by atoms with Gasteiger partial charge in [0.25, 0.3) is 0 Å². The molecule has 638 valence electrons. The van der Waals surface area contributed by atoms with Crippen molar-refractivity contribution in [1.29, 1.82) is 0 Å². The monoisotopic (exact) mass is 1620 g/mol. The molecule has 0 radical (unpaired) electrons. The van der Waals surface area contributed by atoms with E-state index >= 15 is 0 Å². The zero-order chi connectivity index (χ0) is 86.4. The highest BCUT2D eigenvalue weighted by Crippen LogP contribution is 2.19. The molecule has 0 aliphatic carbocycles. The quantitative estimate of drug-likeness (QED) is 0.0164. The van der Waals surface area contributed by atoms with Crippen LogP contribution in [0.2, 0.25) is 0 Å². The van der Waals surface area contributed by atoms with Crippen molar-refractivity contribution in [3.63, 3.8) is 0 Å². The molecular weight excluding hydrogens is 1500 g/mol. The van der Waals surface area contributed by atoms with Crippen LogP contribution in [0.3, 0.4) is 0 Å². The van der Waals surface area contributed by atoms with Crippen molar-refractivity contribution in [2.75, 3.05) is 39.3 Å². The standard InChI is InChI=1S/C69H117N25O20/c1-32(2)49(63(111)84-35(6)55(103)91-51(36(7)95)62(110)82-31-48(100)101)89-58(106)43(21-15-27-80-69(76)77)87-65(113)52(37(8)96)93-66(114)53(38(9)97)92-59(107)42(20-14-26-79-68(74)75)86-60(108)44(29-39-17-11-10-12-18-39)88-54(102)34(5)83-64(112)50(33(3)4)90-61(109)45-22-16-28-94(45)47(99)30-81-57(105)41(19-13-25-78-67(72)73)85-56(104)40(70)23-24-46(71)98/h10-12,17-18,32-38,40-45,49-53,95-97H,13-16,19-31,70H2,1-9H3,(H2,71,98)(H,81,105)(H,82,110)(H,83,112)(H,84,111)(H,85,104)(H,86,108)(H,87,113)(H,88,102)(H,89,106)(H,90,109)(H,91,103)(H,92,107)(H,93,114)(H,100,101)(H4,72,73,78)(H4,74,75,79)(H4,76,77,80)/t34-,35-,36+,37+,38+,40-,41-,42-,43-,44-,45-,49-,50-,51-,52-,53-/m0/s1. The van der Waals surface area contributed by atoms with Gasteiger partial charge in [-0.3, -0.25) is 91.7 Å². The fourth-order valence-electron chi connectivity index (χ4n) is 11.2. The first-order chi connectivity index (χ1) is 53.4. The van der Waals surface area contributed by atoms with Gasteiger partial charge >= 0.3 is 5.97 Å². The number of primary amides is 1. The molecular formula is C69H117N25O20. The van der Waals surface area contributed by atoms with E-state index in [0.29, 0.717) is 12.0 Å². The van der Waals surface area contributed by atoms with Gasteiger partial charge in [0.1, 0.15) is 79.0 Å². The third-order valence-electron chi connectivity index (χ3n) is 17.6. The molecule has 45 heteroatoms. The molecule has 15 amide bonds. The fourth-order valence-corrected chi connectivity index (χ4v) is 11.2. The molecule has 0 saturated carbocycles. The minimum absolute atomic E-state index is 0.00687. The van der Waals surface area contributed by atoms with Gasteiger partial charge in [-0.2, -0.15) is 0 Å². The molecule has 1 aliphatic heterocycles. The Morgan fingerprint density at radius 2 is 0.798 bits per heavy atom. The maximum absolute atomic E-state index is 14.7. The first-order valence-corrected chi connectivity index (χ1v) is 37.1. The Labute approximate surface area is 658 Å². The third kappa shape index (κ3) is 35.8. The van der Waals surface area contributed by atoms with Gasteiger partial charge in [0.15, 0.2) is 17.9 Å². The van der Waals surface area contributed by atoms with Crippen molar-refractivity contribution in [2.24, 2.45) is 72.7 Å². The first-order valence-electron chi connectivity index (χ1n) is 37.1. The number of carbonyl (C=O) groups is 16. The molecule has 1 saturated heterocycles. The van der Waals surface area contributed by atoms with Crippen molar-refractivity contribution in [1.82, 2.24) is 74.0 Å². The molecule has 1 heterocycles. The summed E-state index contributed by atoms with van der Waals surface area (Å²) in [5.41, 5.74) is 44.6. The second-order valence-corrected chi connectivity index (χ2v) is 28.1. The van der Waals surface area contributed by atoms with Gasteiger partial charge < -0.3 is 140 Å². The number of nitrogens with zero attached hydrogens (tertiary/aromatic N) is 4. The lowest BCUT2D eigenvalue weighted by atomic mass is 10.0. The highest BCUT2D eigenvalue weighted by molar-refractivity contribution is 6.00. The Balaban J connectivity index is 2.42. The first kappa shape index (κ1) is 98.5. The van der Waals surface area contributed by atoms with Crippen LogP contribution >= 0.6 is 0 Å². The minimum atomic E-state index is -1.98. The van der Waals surface area contributed by atoms with Crippen LogP contribution in [-0.2, 0) is 83.1 Å². The summed E-state index contributed by atoms with van der Waals surface area (Å²) in [6.07, 6.45) is -5.55. The van der Waals surface area contributed by atoms with Crippen LogP contribution < -0.4 is 115 Å². The summed E-state index contributed by atoms with van der Waals surface area (Å²) in [5, 5.41) is 72.9. The Morgan fingerprint density at radius 1 is 0.430 bits per heavy atom. The van der Waals surface area contributed by atoms with Crippen molar-refractivity contribution >= 4 is 112 Å². The van der Waals surface area contributed by atoms with Gasteiger partial charge in [0.2, 0.25) is 88.6 Å². The van der Waals surface area contributed by atoms with E-state index in [0.717, 1.165) is 20.8 Å². The van der Waals surface area contributed by atoms with Crippen molar-refractivity contribution in [3.05, 3.63) is 35.9 Å². The van der Waals surface area contributed by atoms with Gasteiger partial charge in [-0.1, -0.05) is 58.0 Å². The van der Waals surface area contributed by atoms with Crippen molar-refractivity contribution < 1.29 is 97.1 Å². The number of aliphatic hydroxyl groups excluding tert-OH is 3. The fraction of sp³-hybridized carbons (Fsp3) is 0.638. The summed E-state index contributed by atoms with van der Waals surface area (Å²) in [4.78, 5) is 229. The summed E-state index contributed by atoms with van der Waals surface area (Å²) in [5.74, 6) is -17.8. The van der Waals surface area contributed by atoms with Crippen LogP contribution in [0.5, 0.6) is 0 Å². The molecule has 45 nitrogen and oxygen atoms in total. The number of carboxylic acids is 1. The number of likely N-dealkylation sites (tertiary alicyclic amines) is 1. The van der Waals surface area contributed by atoms with Gasteiger partial charge in [0.05, 0.1) is 30.9 Å². The Hall–Kier alpha value is -11.6. The molecule has 1 aromatic rings. The third-order valence-corrected chi connectivity index (χ3v) is 17.6. The Morgan fingerprint density at radius 3 is 1.25 bits per heavy atom. The van der Waals surface area contributed by atoms with Crippen LogP contribution in [0, 0.1) is 11.8 Å². The number of nitrogens with two attached hydrogens (primary N) is 8. The molecule has 1 fully saturated rings.